The van der Waals surface area contributed by atoms with Crippen LogP contribution in [-0.4, -0.2) is 9.97 Å². The Morgan fingerprint density at radius 1 is 0.267 bits per heavy atom. The van der Waals surface area contributed by atoms with Crippen molar-refractivity contribution in [1.82, 2.24) is 9.97 Å². The molecule has 1 N–H and O–H groups in total. The number of fused-ring (bicyclic) bond motifs is 2. The Morgan fingerprint density at radius 2 is 0.595 bits per heavy atom. The number of furan rings is 2. The predicted molar refractivity (Wildman–Crippen MR) is 554 cm³/mol. The zero-order valence-corrected chi connectivity index (χ0v) is 73.8. The molecule has 0 unspecified atom stereocenters. The first-order valence-electron chi connectivity index (χ1n) is 43.7. The van der Waals surface area contributed by atoms with Crippen LogP contribution in [0.15, 0.2) is 585 Å². The third kappa shape index (κ3) is 32.5. The lowest BCUT2D eigenvalue weighted by Crippen LogP contribution is -1.85. The summed E-state index contributed by atoms with van der Waals surface area (Å²) < 4.78 is 16.0. The molecule has 0 amide bonds. The van der Waals surface area contributed by atoms with Crippen molar-refractivity contribution in [2.45, 2.75) is 12.8 Å². The SMILES string of the molecule is C(#Cc1ccccc1)c1ccccc1.C(=Cc1ccccc1)c1ccccc1.c1ccc(-c2ccc[nH]2)cc1.c1ccc(-c2ccco2)cc1.c1ccc(-c2cccs2)cc1.c1ccc(Cc2ccccc2)cc1.c1ccc(Cc2ccccc2)cc1.c1ccc(Oc2ccccc2)cc1.c1ccc2c(-c3cccc4ccccc34)cccc2c1.c1coc(-c2ccncc2)c1. The molecule has 5 nitrogen and oxygen atoms in total. The van der Waals surface area contributed by atoms with E-state index in [1.165, 1.54) is 87.8 Å². The van der Waals surface area contributed by atoms with Crippen LogP contribution in [0.3, 0.4) is 0 Å². The highest BCUT2D eigenvalue weighted by Gasteiger charge is 2.08. The molecule has 5 aromatic heterocycles. The maximum atomic E-state index is 5.58. The molecule has 0 aliphatic rings. The van der Waals surface area contributed by atoms with E-state index in [0.29, 0.717) is 0 Å². The lowest BCUT2D eigenvalue weighted by Gasteiger charge is -2.10. The quantitative estimate of drug-likeness (QED) is 0.0923. The molecule has 5 heterocycles. The van der Waals surface area contributed by atoms with Crippen LogP contribution in [0.4, 0.5) is 0 Å². The average Bonchev–Trinajstić information content (AvgIpc) is 1.30. The summed E-state index contributed by atoms with van der Waals surface area (Å²) in [6.07, 6.45) is 15.1. The normalized spacial score (nSPS) is 9.95. The second-order valence-corrected chi connectivity index (χ2v) is 30.5. The van der Waals surface area contributed by atoms with E-state index < -0.39 is 0 Å². The lowest BCUT2D eigenvalue weighted by molar-refractivity contribution is 0.482. The van der Waals surface area contributed by atoms with Gasteiger partial charge in [-0.05, 0) is 199 Å². The number of hydrogen-bond acceptors (Lipinski definition) is 5. The highest BCUT2D eigenvalue weighted by atomic mass is 32.1. The topological polar surface area (TPSA) is 64.2 Å². The largest absolute Gasteiger partial charge is 0.464 e. The summed E-state index contributed by atoms with van der Waals surface area (Å²) in [5.74, 6) is 9.76. The fourth-order valence-electron chi connectivity index (χ4n) is 13.6. The number of nitrogens with zero attached hydrogens (tertiary/aromatic N) is 1. The molecule has 636 valence electrons. The molecule has 0 fully saturated rings. The van der Waals surface area contributed by atoms with E-state index in [9.17, 15) is 0 Å². The van der Waals surface area contributed by atoms with Gasteiger partial charge < -0.3 is 18.6 Å². The van der Waals surface area contributed by atoms with Crippen molar-refractivity contribution in [2.75, 3.05) is 0 Å². The van der Waals surface area contributed by atoms with Crippen molar-refractivity contribution in [3.05, 3.63) is 621 Å². The molecule has 0 saturated heterocycles. The number of aromatic amines is 1. The summed E-state index contributed by atoms with van der Waals surface area (Å²) >= 11 is 1.78. The second kappa shape index (κ2) is 54.1. The zero-order valence-electron chi connectivity index (χ0n) is 73.0. The van der Waals surface area contributed by atoms with Gasteiger partial charge in [-0.1, -0.05) is 461 Å². The summed E-state index contributed by atoms with van der Waals surface area (Å²) in [6, 6.07) is 183. The van der Waals surface area contributed by atoms with Gasteiger partial charge >= 0.3 is 0 Å². The summed E-state index contributed by atoms with van der Waals surface area (Å²) in [7, 11) is 0. The number of thiophene rings is 1. The van der Waals surface area contributed by atoms with Crippen LogP contribution in [0.2, 0.25) is 0 Å². The number of H-pyrrole nitrogens is 1. The monoisotopic (exact) mass is 1710 g/mol. The third-order valence-corrected chi connectivity index (χ3v) is 21.0. The maximum Gasteiger partial charge on any atom is 0.133 e. The van der Waals surface area contributed by atoms with E-state index in [1.807, 2.05) is 261 Å². The van der Waals surface area contributed by atoms with Crippen LogP contribution in [0.25, 0.3) is 89.2 Å². The fourth-order valence-corrected chi connectivity index (χ4v) is 14.3. The van der Waals surface area contributed by atoms with Gasteiger partial charge in [0.2, 0.25) is 0 Å². The molecule has 131 heavy (non-hydrogen) atoms. The molecular weight excluding hydrogens is 1610 g/mol. The van der Waals surface area contributed by atoms with Gasteiger partial charge in [0, 0.05) is 51.4 Å². The van der Waals surface area contributed by atoms with Gasteiger partial charge in [-0.2, -0.15) is 0 Å². The van der Waals surface area contributed by atoms with Crippen LogP contribution < -0.4 is 4.74 Å². The Hall–Kier alpha value is -17.0. The molecule has 17 aromatic carbocycles. The smallest absolute Gasteiger partial charge is 0.133 e. The first-order chi connectivity index (χ1) is 65.0. The van der Waals surface area contributed by atoms with Crippen molar-refractivity contribution < 1.29 is 13.6 Å². The van der Waals surface area contributed by atoms with E-state index in [0.717, 1.165) is 58.1 Å². The highest BCUT2D eigenvalue weighted by Crippen LogP contribution is 2.34. The number of para-hydroxylation sites is 2. The molecule has 22 aromatic rings. The first-order valence-corrected chi connectivity index (χ1v) is 44.5. The van der Waals surface area contributed by atoms with Crippen molar-refractivity contribution >= 4 is 45.0 Å². The van der Waals surface area contributed by atoms with Crippen LogP contribution in [-0.2, 0) is 12.8 Å². The lowest BCUT2D eigenvalue weighted by atomic mass is 9.94. The van der Waals surface area contributed by atoms with Crippen LogP contribution in [0, 0.1) is 11.8 Å². The number of benzene rings is 17. The van der Waals surface area contributed by atoms with Gasteiger partial charge in [-0.15, -0.1) is 11.3 Å². The Bertz CT molecular complexity index is 6050. The van der Waals surface area contributed by atoms with E-state index in [-0.39, 0.29) is 0 Å². The van der Waals surface area contributed by atoms with E-state index in [2.05, 4.69) is 324 Å². The van der Waals surface area contributed by atoms with Crippen LogP contribution >= 0.6 is 11.3 Å². The number of rotatable bonds is 13. The minimum absolute atomic E-state index is 0.869. The van der Waals surface area contributed by atoms with Gasteiger partial charge in [0.25, 0.3) is 0 Å². The Kier molecular flexibility index (Phi) is 37.9. The number of nitrogens with one attached hydrogen (secondary N) is 1. The molecule has 0 bridgehead atoms. The van der Waals surface area contributed by atoms with E-state index in [4.69, 9.17) is 13.6 Å². The Morgan fingerprint density at radius 3 is 0.954 bits per heavy atom. The Labute approximate surface area is 775 Å². The van der Waals surface area contributed by atoms with E-state index >= 15 is 0 Å². The number of hydrogen-bond donors (Lipinski definition) is 1. The van der Waals surface area contributed by atoms with Crippen molar-refractivity contribution in [2.24, 2.45) is 0 Å². The van der Waals surface area contributed by atoms with Gasteiger partial charge in [-0.3, -0.25) is 4.98 Å². The van der Waals surface area contributed by atoms with Crippen molar-refractivity contribution in [1.29, 1.82) is 0 Å². The first kappa shape index (κ1) is 91.7. The molecule has 6 heteroatoms. The van der Waals surface area contributed by atoms with Gasteiger partial charge in [0.05, 0.1) is 12.5 Å². The average molecular weight is 1710 g/mol. The number of ether oxygens (including phenoxy) is 1. The molecule has 0 atom stereocenters. The maximum absolute atomic E-state index is 5.58. The van der Waals surface area contributed by atoms with Gasteiger partial charge in [0.15, 0.2) is 0 Å². The fraction of sp³-hybridized carbons (Fsp3) is 0.0160. The van der Waals surface area contributed by atoms with Crippen LogP contribution in [0.1, 0.15) is 44.5 Å². The van der Waals surface area contributed by atoms with Gasteiger partial charge in [0.1, 0.15) is 23.0 Å². The third-order valence-electron chi connectivity index (χ3n) is 20.1. The number of pyridine rings is 1. The van der Waals surface area contributed by atoms with E-state index in [1.54, 1.807) is 36.3 Å². The molecule has 22 rings (SSSR count). The summed E-state index contributed by atoms with van der Waals surface area (Å²) in [6.45, 7) is 0. The predicted octanol–water partition coefficient (Wildman–Crippen LogP) is 34.0. The Balaban J connectivity index is 0.000000125. The highest BCUT2D eigenvalue weighted by molar-refractivity contribution is 7.13. The second-order valence-electron chi connectivity index (χ2n) is 29.6. The zero-order chi connectivity index (χ0) is 89.5. The molecule has 0 saturated carbocycles. The minimum atomic E-state index is 0.869. The summed E-state index contributed by atoms with van der Waals surface area (Å²) in [5, 5.41) is 7.30. The van der Waals surface area contributed by atoms with Gasteiger partial charge in [-0.25, -0.2) is 0 Å². The van der Waals surface area contributed by atoms with Crippen molar-refractivity contribution in [3.8, 4) is 78.8 Å². The molecule has 0 spiro atoms. The van der Waals surface area contributed by atoms with Crippen LogP contribution in [0.5, 0.6) is 11.5 Å². The molecular formula is C125H102N2O3S. The summed E-state index contributed by atoms with van der Waals surface area (Å²) in [4.78, 5) is 8.41. The van der Waals surface area contributed by atoms with Crippen molar-refractivity contribution in [3.63, 3.8) is 0 Å². The molecule has 0 aliphatic heterocycles. The summed E-state index contributed by atoms with van der Waals surface area (Å²) in [5.41, 5.74) is 18.6. The molecule has 0 radical (unpaired) electrons. The standard InChI is InChI=1S/C20H14.C14H12.C14H10.2C13H12.C12H10O.C10H9N.C10H8O.C10H8S.C9H7NO/c1-3-11-17-15(7-1)9-5-13-19(17)20-14-6-10-16-8-2-4-12-18(16)20;2*1-3-7-13(8-4-1)11-12-14-9-5-2-6-10-14;2*1-3-7-12(8-4-1)11-13-9-5-2-6-10-13;1-3-7-11(8-4-1)13-12-9-5-2-6-10-12;3*1-2-5-9(6-3-1)10-7-4-8-11-10;1-2-9(11-7-1)8-3-5-10-6-4-8/h1-14H;1-12H;1-10H;2*1-10H,11H2;1-10H;1-8,11H;2*1-8H;1-7H. The molecule has 0 aliphatic carbocycles. The number of aromatic nitrogens is 2. The minimum Gasteiger partial charge on any atom is -0.464 e.